The zero-order valence-corrected chi connectivity index (χ0v) is 12.4. The second-order valence-corrected chi connectivity index (χ2v) is 5.04. The highest BCUT2D eigenvalue weighted by molar-refractivity contribution is 5.79. The number of hydrogen-bond acceptors (Lipinski definition) is 3. The summed E-state index contributed by atoms with van der Waals surface area (Å²) in [6.45, 7) is 6.78. The van der Waals surface area contributed by atoms with Gasteiger partial charge in [-0.25, -0.2) is 0 Å². The van der Waals surface area contributed by atoms with Crippen LogP contribution in [-0.2, 0) is 18.3 Å². The molecule has 1 heterocycles. The maximum atomic E-state index is 11.9. The number of rotatable bonds is 7. The van der Waals surface area contributed by atoms with Crippen LogP contribution in [0.1, 0.15) is 36.7 Å². The topological polar surface area (TPSA) is 67.2 Å². The van der Waals surface area contributed by atoms with Gasteiger partial charge in [-0.3, -0.25) is 9.48 Å². The Kier molecular flexibility index (Phi) is 6.02. The predicted octanol–water partition coefficient (Wildman–Crippen LogP) is 1.10. The minimum absolute atomic E-state index is 0.0237. The van der Waals surface area contributed by atoms with Crippen molar-refractivity contribution in [3.63, 3.8) is 0 Å². The molecule has 0 aliphatic rings. The van der Waals surface area contributed by atoms with Gasteiger partial charge in [0.15, 0.2) is 0 Å². The number of aryl methyl sites for hydroxylation is 2. The average molecular weight is 267 g/mol. The van der Waals surface area contributed by atoms with Crippen molar-refractivity contribution in [2.24, 2.45) is 13.0 Å². The first-order valence-corrected chi connectivity index (χ1v) is 6.86. The van der Waals surface area contributed by atoms with Crippen LogP contribution in [0, 0.1) is 19.8 Å². The summed E-state index contributed by atoms with van der Waals surface area (Å²) in [7, 11) is 1.89. The Balaban J connectivity index is 2.51. The lowest BCUT2D eigenvalue weighted by Crippen LogP contribution is -2.31. The molecule has 0 spiro atoms. The number of nitrogens with one attached hydrogen (secondary N) is 1. The van der Waals surface area contributed by atoms with E-state index in [0.29, 0.717) is 18.9 Å². The summed E-state index contributed by atoms with van der Waals surface area (Å²) in [6.07, 6.45) is 2.08. The van der Waals surface area contributed by atoms with Gasteiger partial charge in [-0.2, -0.15) is 5.10 Å². The van der Waals surface area contributed by atoms with E-state index in [-0.39, 0.29) is 12.5 Å². The summed E-state index contributed by atoms with van der Waals surface area (Å²) in [5, 5.41) is 16.2. The fourth-order valence-electron chi connectivity index (χ4n) is 2.19. The fourth-order valence-corrected chi connectivity index (χ4v) is 2.19. The van der Waals surface area contributed by atoms with Crippen LogP contribution >= 0.6 is 0 Å². The second kappa shape index (κ2) is 7.28. The molecule has 2 N–H and O–H groups in total. The van der Waals surface area contributed by atoms with Gasteiger partial charge in [0.2, 0.25) is 5.91 Å². The summed E-state index contributed by atoms with van der Waals surface area (Å²) >= 11 is 0. The number of aliphatic hydroxyl groups excluding tert-OH is 1. The van der Waals surface area contributed by atoms with E-state index < -0.39 is 0 Å². The molecule has 1 amide bonds. The highest BCUT2D eigenvalue weighted by atomic mass is 16.3. The Morgan fingerprint density at radius 2 is 2.16 bits per heavy atom. The lowest BCUT2D eigenvalue weighted by atomic mass is 10.0. The van der Waals surface area contributed by atoms with Crippen LogP contribution in [0.15, 0.2) is 0 Å². The Labute approximate surface area is 115 Å². The van der Waals surface area contributed by atoms with Crippen molar-refractivity contribution in [1.29, 1.82) is 0 Å². The first kappa shape index (κ1) is 15.7. The minimum Gasteiger partial charge on any atom is -0.396 e. The summed E-state index contributed by atoms with van der Waals surface area (Å²) in [6, 6.07) is 0. The molecule has 0 aromatic carbocycles. The summed E-state index contributed by atoms with van der Waals surface area (Å²) < 4.78 is 1.80. The normalized spacial score (nSPS) is 12.5. The van der Waals surface area contributed by atoms with Gasteiger partial charge in [-0.1, -0.05) is 13.3 Å². The molecule has 0 aliphatic carbocycles. The fraction of sp³-hybridized carbons (Fsp3) is 0.714. The van der Waals surface area contributed by atoms with Crippen molar-refractivity contribution in [2.75, 3.05) is 13.2 Å². The molecule has 0 fully saturated rings. The number of carbonyl (C=O) groups is 1. The molecule has 1 aromatic rings. The summed E-state index contributed by atoms with van der Waals surface area (Å²) in [4.78, 5) is 11.9. The molecule has 0 saturated heterocycles. The van der Waals surface area contributed by atoms with Crippen molar-refractivity contribution in [1.82, 2.24) is 15.1 Å². The van der Waals surface area contributed by atoms with Crippen molar-refractivity contribution in [3.8, 4) is 0 Å². The first-order chi connectivity index (χ1) is 8.99. The Hall–Kier alpha value is -1.36. The van der Waals surface area contributed by atoms with Gasteiger partial charge >= 0.3 is 0 Å². The Bertz CT molecular complexity index is 427. The standard InChI is InChI=1S/C14H25N3O2/c1-5-12(6-7-18)9-15-14(19)8-13-10(2)16-17(4)11(13)3/h12,18H,5-9H2,1-4H3,(H,15,19). The van der Waals surface area contributed by atoms with Gasteiger partial charge in [0, 0.05) is 31.5 Å². The summed E-state index contributed by atoms with van der Waals surface area (Å²) in [5.41, 5.74) is 2.96. The quantitative estimate of drug-likeness (QED) is 0.777. The zero-order valence-electron chi connectivity index (χ0n) is 12.4. The van der Waals surface area contributed by atoms with Gasteiger partial charge in [-0.15, -0.1) is 0 Å². The molecular weight excluding hydrogens is 242 g/mol. The largest absolute Gasteiger partial charge is 0.396 e. The van der Waals surface area contributed by atoms with E-state index in [1.165, 1.54) is 0 Å². The maximum Gasteiger partial charge on any atom is 0.224 e. The molecule has 0 saturated carbocycles. The third kappa shape index (κ3) is 4.35. The lowest BCUT2D eigenvalue weighted by Gasteiger charge is -2.14. The molecule has 0 bridgehead atoms. The van der Waals surface area contributed by atoms with Gasteiger partial charge < -0.3 is 10.4 Å². The summed E-state index contributed by atoms with van der Waals surface area (Å²) in [5.74, 6) is 0.376. The number of nitrogens with zero attached hydrogens (tertiary/aromatic N) is 2. The maximum absolute atomic E-state index is 11.9. The molecule has 1 rings (SSSR count). The van der Waals surface area contributed by atoms with E-state index in [2.05, 4.69) is 17.3 Å². The van der Waals surface area contributed by atoms with Crippen LogP contribution in [0.3, 0.4) is 0 Å². The zero-order chi connectivity index (χ0) is 14.4. The third-order valence-electron chi connectivity index (χ3n) is 3.70. The van der Waals surface area contributed by atoms with Crippen molar-refractivity contribution >= 4 is 5.91 Å². The smallest absolute Gasteiger partial charge is 0.224 e. The molecule has 1 aromatic heterocycles. The monoisotopic (exact) mass is 267 g/mol. The van der Waals surface area contributed by atoms with Crippen LogP contribution in [0.5, 0.6) is 0 Å². The van der Waals surface area contributed by atoms with Crippen LogP contribution in [-0.4, -0.2) is 33.9 Å². The molecule has 0 aliphatic heterocycles. The molecule has 1 atom stereocenters. The van der Waals surface area contributed by atoms with Gasteiger partial charge in [0.1, 0.15) is 0 Å². The molecule has 5 heteroatoms. The van der Waals surface area contributed by atoms with Crippen LogP contribution in [0.25, 0.3) is 0 Å². The SMILES string of the molecule is CCC(CCO)CNC(=O)Cc1c(C)nn(C)c1C. The first-order valence-electron chi connectivity index (χ1n) is 6.86. The number of aliphatic hydroxyl groups is 1. The predicted molar refractivity (Wildman–Crippen MR) is 74.9 cm³/mol. The van der Waals surface area contributed by atoms with Crippen LogP contribution in [0.4, 0.5) is 0 Å². The van der Waals surface area contributed by atoms with E-state index in [1.807, 2.05) is 20.9 Å². The van der Waals surface area contributed by atoms with E-state index in [9.17, 15) is 4.79 Å². The number of carbonyl (C=O) groups excluding carboxylic acids is 1. The Morgan fingerprint density at radius 1 is 1.47 bits per heavy atom. The van der Waals surface area contributed by atoms with E-state index in [0.717, 1.165) is 29.8 Å². The Morgan fingerprint density at radius 3 is 2.63 bits per heavy atom. The molecule has 0 radical (unpaired) electrons. The molecule has 1 unspecified atom stereocenters. The third-order valence-corrected chi connectivity index (χ3v) is 3.70. The van der Waals surface area contributed by atoms with Crippen LogP contribution < -0.4 is 5.32 Å². The highest BCUT2D eigenvalue weighted by Gasteiger charge is 2.14. The molecule has 5 nitrogen and oxygen atoms in total. The van der Waals surface area contributed by atoms with E-state index in [1.54, 1.807) is 4.68 Å². The van der Waals surface area contributed by atoms with Crippen LogP contribution in [0.2, 0.25) is 0 Å². The minimum atomic E-state index is 0.0237. The average Bonchev–Trinajstić information content (AvgIpc) is 2.61. The van der Waals surface area contributed by atoms with Crippen molar-refractivity contribution in [2.45, 2.75) is 40.0 Å². The highest BCUT2D eigenvalue weighted by Crippen LogP contribution is 2.12. The number of hydrogen-bond donors (Lipinski definition) is 2. The molecular formula is C14H25N3O2. The van der Waals surface area contributed by atoms with Crippen molar-refractivity contribution in [3.05, 3.63) is 17.0 Å². The number of aromatic nitrogens is 2. The van der Waals surface area contributed by atoms with Gasteiger partial charge in [-0.05, 0) is 26.2 Å². The van der Waals surface area contributed by atoms with E-state index in [4.69, 9.17) is 5.11 Å². The molecule has 108 valence electrons. The van der Waals surface area contributed by atoms with Gasteiger partial charge in [0.25, 0.3) is 0 Å². The molecule has 19 heavy (non-hydrogen) atoms. The van der Waals surface area contributed by atoms with E-state index >= 15 is 0 Å². The lowest BCUT2D eigenvalue weighted by molar-refractivity contribution is -0.120. The van der Waals surface area contributed by atoms with Crippen molar-refractivity contribution < 1.29 is 9.90 Å². The second-order valence-electron chi connectivity index (χ2n) is 5.04. The number of amides is 1. The van der Waals surface area contributed by atoms with Gasteiger partial charge in [0.05, 0.1) is 12.1 Å².